The van der Waals surface area contributed by atoms with Crippen molar-refractivity contribution < 1.29 is 0 Å². The molecule has 7 aromatic carbocycles. The van der Waals surface area contributed by atoms with Gasteiger partial charge in [0.05, 0.1) is 63.3 Å². The molecular weight excluding hydrogens is 611 g/mol. The van der Waals surface area contributed by atoms with Crippen molar-refractivity contribution in [2.45, 2.75) is 0 Å². The lowest BCUT2D eigenvalue weighted by Crippen LogP contribution is -2.02. The predicted molar refractivity (Wildman–Crippen MR) is 202 cm³/mol. The van der Waals surface area contributed by atoms with E-state index in [-0.39, 0.29) is 0 Å². The average molecular weight is 636 g/mol. The topological polar surface area (TPSA) is 61.8 Å². The first-order valence-corrected chi connectivity index (χ1v) is 16.3. The fourth-order valence-corrected chi connectivity index (χ4v) is 7.43. The van der Waals surface area contributed by atoms with Gasteiger partial charge in [0.2, 0.25) is 0 Å². The molecule has 0 unspecified atom stereocenters. The van der Waals surface area contributed by atoms with E-state index in [1.165, 1.54) is 0 Å². The van der Waals surface area contributed by atoms with Crippen LogP contribution in [0.1, 0.15) is 11.1 Å². The van der Waals surface area contributed by atoms with Crippen LogP contribution >= 0.6 is 0 Å². The summed E-state index contributed by atoms with van der Waals surface area (Å²) in [5.41, 5.74) is 11.7. The van der Waals surface area contributed by atoms with Crippen LogP contribution in [0.4, 0.5) is 5.69 Å². The van der Waals surface area contributed by atoms with E-state index in [4.69, 9.17) is 6.57 Å². The van der Waals surface area contributed by atoms with Gasteiger partial charge in [0.25, 0.3) is 0 Å². The Bertz CT molecular complexity index is 2970. The minimum Gasteiger partial charge on any atom is -0.309 e. The zero-order chi connectivity index (χ0) is 33.8. The van der Waals surface area contributed by atoms with E-state index in [2.05, 4.69) is 92.8 Å². The van der Waals surface area contributed by atoms with Gasteiger partial charge < -0.3 is 9.13 Å². The van der Waals surface area contributed by atoms with Gasteiger partial charge in [0.15, 0.2) is 5.69 Å². The van der Waals surface area contributed by atoms with Crippen LogP contribution in [0, 0.1) is 29.2 Å². The Morgan fingerprint density at radius 2 is 1.04 bits per heavy atom. The van der Waals surface area contributed by atoms with Gasteiger partial charge in [-0.2, -0.15) is 10.5 Å². The Morgan fingerprint density at radius 1 is 0.460 bits per heavy atom. The summed E-state index contributed by atoms with van der Waals surface area (Å²) in [4.78, 5) is 3.74. The molecule has 0 fully saturated rings. The van der Waals surface area contributed by atoms with Gasteiger partial charge in [-0.3, -0.25) is 0 Å². The standard InChI is InChI=1S/C45H25N5/c1-48-32-20-23-44-39(26-32)36-14-6-9-17-42(36)50(44)45-25-30(33-11-3-2-10-31(33)28-47)19-21-37(45)34-12-4-7-15-40(34)49-41-16-8-5-13-35(41)38-24-29(27-46)18-22-43(38)49/h2-26H. The summed E-state index contributed by atoms with van der Waals surface area (Å²) in [7, 11) is 0. The molecule has 0 saturated heterocycles. The molecule has 0 radical (unpaired) electrons. The van der Waals surface area contributed by atoms with Crippen molar-refractivity contribution in [2.75, 3.05) is 0 Å². The highest BCUT2D eigenvalue weighted by Crippen LogP contribution is 2.42. The smallest absolute Gasteiger partial charge is 0.188 e. The number of hydrogen-bond donors (Lipinski definition) is 0. The summed E-state index contributed by atoms with van der Waals surface area (Å²) < 4.78 is 4.58. The van der Waals surface area contributed by atoms with E-state index in [0.29, 0.717) is 16.8 Å². The van der Waals surface area contributed by atoms with Crippen LogP contribution in [0.5, 0.6) is 0 Å². The van der Waals surface area contributed by atoms with Crippen LogP contribution < -0.4 is 0 Å². The van der Waals surface area contributed by atoms with Crippen LogP contribution in [0.15, 0.2) is 152 Å². The third-order valence-corrected chi connectivity index (χ3v) is 9.62. The molecule has 0 atom stereocenters. The number of hydrogen-bond acceptors (Lipinski definition) is 2. The van der Waals surface area contributed by atoms with Crippen molar-refractivity contribution in [1.29, 1.82) is 10.5 Å². The van der Waals surface area contributed by atoms with Gasteiger partial charge in [-0.25, -0.2) is 4.85 Å². The minimum absolute atomic E-state index is 0.591. The molecule has 0 N–H and O–H groups in total. The summed E-state index contributed by atoms with van der Waals surface area (Å²) in [6, 6.07) is 55.7. The monoisotopic (exact) mass is 635 g/mol. The van der Waals surface area contributed by atoms with Crippen molar-refractivity contribution >= 4 is 49.3 Å². The van der Waals surface area contributed by atoms with Gasteiger partial charge in [-0.15, -0.1) is 0 Å². The van der Waals surface area contributed by atoms with E-state index in [0.717, 1.165) is 77.2 Å². The second kappa shape index (κ2) is 11.4. The molecule has 50 heavy (non-hydrogen) atoms. The zero-order valence-electron chi connectivity index (χ0n) is 26.7. The number of rotatable bonds is 4. The van der Waals surface area contributed by atoms with Gasteiger partial charge in [-0.05, 0) is 77.2 Å². The Labute approximate surface area is 288 Å². The lowest BCUT2D eigenvalue weighted by Gasteiger charge is -2.20. The lowest BCUT2D eigenvalue weighted by atomic mass is 9.94. The Morgan fingerprint density at radius 3 is 1.76 bits per heavy atom. The number of nitrogens with zero attached hydrogens (tertiary/aromatic N) is 5. The van der Waals surface area contributed by atoms with Crippen LogP contribution in [-0.4, -0.2) is 9.13 Å². The molecule has 2 heterocycles. The first-order chi connectivity index (χ1) is 24.7. The number of benzene rings is 7. The summed E-state index contributed by atoms with van der Waals surface area (Å²) in [6.45, 7) is 7.71. The van der Waals surface area contributed by atoms with E-state index in [1.807, 2.05) is 84.9 Å². The van der Waals surface area contributed by atoms with Gasteiger partial charge >= 0.3 is 0 Å². The van der Waals surface area contributed by atoms with E-state index in [9.17, 15) is 10.5 Å². The highest BCUT2D eigenvalue weighted by Gasteiger charge is 2.21. The maximum atomic E-state index is 10.0. The molecule has 9 rings (SSSR count). The number of para-hydroxylation sites is 3. The summed E-state index contributed by atoms with van der Waals surface area (Å²) >= 11 is 0. The molecule has 0 saturated carbocycles. The first kappa shape index (κ1) is 28.8. The molecule has 0 amide bonds. The Balaban J connectivity index is 1.40. The van der Waals surface area contributed by atoms with Gasteiger partial charge in [0, 0.05) is 27.3 Å². The molecule has 0 spiro atoms. The second-order valence-electron chi connectivity index (χ2n) is 12.3. The van der Waals surface area contributed by atoms with Crippen LogP contribution in [0.3, 0.4) is 0 Å². The molecule has 0 aliphatic heterocycles. The van der Waals surface area contributed by atoms with Crippen molar-refractivity contribution in [3.8, 4) is 45.8 Å². The quantitative estimate of drug-likeness (QED) is 0.181. The second-order valence-corrected chi connectivity index (χ2v) is 12.3. The normalized spacial score (nSPS) is 11.1. The summed E-state index contributed by atoms with van der Waals surface area (Å²) in [5.74, 6) is 0. The third kappa shape index (κ3) is 4.31. The van der Waals surface area contributed by atoms with Crippen molar-refractivity contribution in [3.05, 3.63) is 174 Å². The maximum absolute atomic E-state index is 10.0. The van der Waals surface area contributed by atoms with E-state index >= 15 is 0 Å². The zero-order valence-corrected chi connectivity index (χ0v) is 26.7. The first-order valence-electron chi connectivity index (χ1n) is 16.3. The van der Waals surface area contributed by atoms with Crippen molar-refractivity contribution in [2.24, 2.45) is 0 Å². The van der Waals surface area contributed by atoms with Crippen LogP contribution in [0.2, 0.25) is 0 Å². The maximum Gasteiger partial charge on any atom is 0.188 e. The van der Waals surface area contributed by atoms with Crippen molar-refractivity contribution in [1.82, 2.24) is 9.13 Å². The van der Waals surface area contributed by atoms with Crippen LogP contribution in [-0.2, 0) is 0 Å². The minimum atomic E-state index is 0.591. The lowest BCUT2D eigenvalue weighted by molar-refractivity contribution is 1.16. The average Bonchev–Trinajstić information content (AvgIpc) is 3.69. The van der Waals surface area contributed by atoms with Gasteiger partial charge in [0.1, 0.15) is 0 Å². The number of nitriles is 2. The molecule has 0 aliphatic carbocycles. The number of fused-ring (bicyclic) bond motifs is 6. The molecule has 5 heteroatoms. The number of aromatic nitrogens is 2. The molecule has 5 nitrogen and oxygen atoms in total. The fourth-order valence-electron chi connectivity index (χ4n) is 7.43. The highest BCUT2D eigenvalue weighted by atomic mass is 15.0. The summed E-state index contributed by atoms with van der Waals surface area (Å²) in [6.07, 6.45) is 0. The third-order valence-electron chi connectivity index (χ3n) is 9.62. The highest BCUT2D eigenvalue weighted by molar-refractivity contribution is 6.12. The molecule has 2 aromatic heterocycles. The van der Waals surface area contributed by atoms with Crippen LogP contribution in [0.25, 0.3) is 82.1 Å². The molecule has 0 bridgehead atoms. The molecular formula is C45H25N5. The van der Waals surface area contributed by atoms with E-state index < -0.39 is 0 Å². The fraction of sp³-hybridized carbons (Fsp3) is 0. The summed E-state index contributed by atoms with van der Waals surface area (Å²) in [5, 5.41) is 23.9. The SMILES string of the molecule is [C-]#[N+]c1ccc2c(c1)c1ccccc1n2-c1cc(-c2ccccc2C#N)ccc1-c1ccccc1-n1c2ccccc2c2cc(C#N)ccc21. The van der Waals surface area contributed by atoms with Crippen molar-refractivity contribution in [3.63, 3.8) is 0 Å². The molecule has 230 valence electrons. The molecule has 9 aromatic rings. The predicted octanol–water partition coefficient (Wildman–Crippen LogP) is 11.5. The van der Waals surface area contributed by atoms with E-state index in [1.54, 1.807) is 0 Å². The Hall–Kier alpha value is -7.39. The van der Waals surface area contributed by atoms with Gasteiger partial charge in [-0.1, -0.05) is 91.0 Å². The molecule has 0 aliphatic rings. The largest absolute Gasteiger partial charge is 0.309 e. The Kier molecular flexibility index (Phi) is 6.56.